The predicted octanol–water partition coefficient (Wildman–Crippen LogP) is 1.49. The molecule has 1 saturated carbocycles. The highest BCUT2D eigenvalue weighted by molar-refractivity contribution is 5.92. The van der Waals surface area contributed by atoms with Gasteiger partial charge >= 0.3 is 0 Å². The summed E-state index contributed by atoms with van der Waals surface area (Å²) in [6.45, 7) is 0.902. The summed E-state index contributed by atoms with van der Waals surface area (Å²) in [6, 6.07) is 8.55. The summed E-state index contributed by atoms with van der Waals surface area (Å²) in [4.78, 5) is 13.4. The Hall–Kier alpha value is -1.39. The summed E-state index contributed by atoms with van der Waals surface area (Å²) in [5.41, 5.74) is 12.9. The molecule has 0 heterocycles. The van der Waals surface area contributed by atoms with Crippen molar-refractivity contribution in [1.82, 2.24) is 4.90 Å². The number of nitrogens with two attached hydrogens (primary N) is 2. The van der Waals surface area contributed by atoms with Crippen LogP contribution in [-0.4, -0.2) is 29.9 Å². The van der Waals surface area contributed by atoms with Gasteiger partial charge < -0.3 is 11.5 Å². The van der Waals surface area contributed by atoms with Gasteiger partial charge in [0.25, 0.3) is 0 Å². The van der Waals surface area contributed by atoms with E-state index in [1.165, 1.54) is 18.4 Å². The van der Waals surface area contributed by atoms with E-state index in [1.807, 2.05) is 12.1 Å². The second kappa shape index (κ2) is 6.17. The Morgan fingerprint density at radius 2 is 1.79 bits per heavy atom. The Bertz CT molecular complexity index is 422. The topological polar surface area (TPSA) is 72.3 Å². The van der Waals surface area contributed by atoms with Crippen LogP contribution >= 0.6 is 0 Å². The summed E-state index contributed by atoms with van der Waals surface area (Å²) >= 11 is 0. The van der Waals surface area contributed by atoms with Gasteiger partial charge in [0.2, 0.25) is 5.91 Å². The molecule has 104 valence electrons. The van der Waals surface area contributed by atoms with Crippen molar-refractivity contribution in [3.63, 3.8) is 0 Å². The molecule has 0 spiro atoms. The minimum atomic E-state index is -0.374. The lowest BCUT2D eigenvalue weighted by Gasteiger charge is -2.33. The molecule has 0 saturated heterocycles. The zero-order valence-corrected chi connectivity index (χ0v) is 11.5. The van der Waals surface area contributed by atoms with Crippen LogP contribution in [0.4, 0.5) is 0 Å². The zero-order chi connectivity index (χ0) is 13.8. The van der Waals surface area contributed by atoms with Crippen molar-refractivity contribution in [3.05, 3.63) is 35.4 Å². The third kappa shape index (κ3) is 3.78. The minimum Gasteiger partial charge on any atom is -0.366 e. The first-order valence-corrected chi connectivity index (χ1v) is 6.91. The first kappa shape index (κ1) is 14.0. The number of hydrogen-bond acceptors (Lipinski definition) is 3. The van der Waals surface area contributed by atoms with E-state index >= 15 is 0 Å². The molecule has 1 fully saturated rings. The second-order valence-electron chi connectivity index (χ2n) is 5.54. The molecule has 4 N–H and O–H groups in total. The predicted molar refractivity (Wildman–Crippen MR) is 76.7 cm³/mol. The minimum absolute atomic E-state index is 0.374. The van der Waals surface area contributed by atoms with Gasteiger partial charge in [0.15, 0.2) is 0 Å². The molecule has 1 aliphatic rings. The Kier molecular flexibility index (Phi) is 4.56. The number of amides is 1. The van der Waals surface area contributed by atoms with Gasteiger partial charge in [0.1, 0.15) is 0 Å². The number of hydrogen-bond donors (Lipinski definition) is 2. The van der Waals surface area contributed by atoms with Crippen LogP contribution in [0.25, 0.3) is 0 Å². The summed E-state index contributed by atoms with van der Waals surface area (Å²) in [5, 5.41) is 0. The summed E-state index contributed by atoms with van der Waals surface area (Å²) < 4.78 is 0. The van der Waals surface area contributed by atoms with Gasteiger partial charge in [-0.3, -0.25) is 9.69 Å². The molecule has 0 bridgehead atoms. The standard InChI is InChI=1S/C15H23N3O/c1-18(14-8-6-13(16)7-9-14)10-11-2-4-12(5-3-11)15(17)19/h2-5,13-14H,6-10,16H2,1H3,(H2,17,19). The van der Waals surface area contributed by atoms with Crippen LogP contribution in [-0.2, 0) is 6.54 Å². The van der Waals surface area contributed by atoms with Gasteiger partial charge in [-0.15, -0.1) is 0 Å². The third-order valence-corrected chi connectivity index (χ3v) is 4.04. The molecular weight excluding hydrogens is 238 g/mol. The van der Waals surface area contributed by atoms with Gasteiger partial charge in [-0.25, -0.2) is 0 Å². The molecule has 0 unspecified atom stereocenters. The van der Waals surface area contributed by atoms with E-state index in [-0.39, 0.29) is 5.91 Å². The largest absolute Gasteiger partial charge is 0.366 e. The number of benzene rings is 1. The van der Waals surface area contributed by atoms with Crippen LogP contribution in [0.1, 0.15) is 41.6 Å². The Morgan fingerprint density at radius 1 is 1.21 bits per heavy atom. The van der Waals surface area contributed by atoms with Crippen molar-refractivity contribution in [2.75, 3.05) is 7.05 Å². The molecular formula is C15H23N3O. The fraction of sp³-hybridized carbons (Fsp3) is 0.533. The van der Waals surface area contributed by atoms with E-state index in [0.29, 0.717) is 17.6 Å². The molecule has 0 aromatic heterocycles. The van der Waals surface area contributed by atoms with Crippen molar-refractivity contribution >= 4 is 5.91 Å². The molecule has 1 aromatic carbocycles. The molecule has 1 amide bonds. The van der Waals surface area contributed by atoms with Crippen molar-refractivity contribution < 1.29 is 4.79 Å². The Balaban J connectivity index is 1.91. The van der Waals surface area contributed by atoms with Crippen LogP contribution < -0.4 is 11.5 Å². The van der Waals surface area contributed by atoms with E-state index in [1.54, 1.807) is 12.1 Å². The average Bonchev–Trinajstić information content (AvgIpc) is 2.40. The van der Waals surface area contributed by atoms with Crippen molar-refractivity contribution in [2.45, 2.75) is 44.3 Å². The van der Waals surface area contributed by atoms with Crippen molar-refractivity contribution in [1.29, 1.82) is 0 Å². The lowest BCUT2D eigenvalue weighted by Crippen LogP contribution is -2.38. The highest BCUT2D eigenvalue weighted by atomic mass is 16.1. The first-order valence-electron chi connectivity index (χ1n) is 6.91. The van der Waals surface area contributed by atoms with Crippen molar-refractivity contribution in [3.8, 4) is 0 Å². The molecule has 0 atom stereocenters. The maximum Gasteiger partial charge on any atom is 0.248 e. The van der Waals surface area contributed by atoms with Gasteiger partial charge in [-0.1, -0.05) is 12.1 Å². The van der Waals surface area contributed by atoms with Gasteiger partial charge in [-0.05, 0) is 50.4 Å². The fourth-order valence-electron chi connectivity index (χ4n) is 2.73. The van der Waals surface area contributed by atoms with Gasteiger partial charge in [0.05, 0.1) is 0 Å². The lowest BCUT2D eigenvalue weighted by atomic mass is 9.91. The van der Waals surface area contributed by atoms with E-state index in [2.05, 4.69) is 11.9 Å². The van der Waals surface area contributed by atoms with E-state index < -0.39 is 0 Å². The van der Waals surface area contributed by atoms with Crippen molar-refractivity contribution in [2.24, 2.45) is 11.5 Å². The smallest absolute Gasteiger partial charge is 0.248 e. The molecule has 19 heavy (non-hydrogen) atoms. The van der Waals surface area contributed by atoms with E-state index in [9.17, 15) is 4.79 Å². The Morgan fingerprint density at radius 3 is 2.32 bits per heavy atom. The molecule has 2 rings (SSSR count). The summed E-state index contributed by atoms with van der Waals surface area (Å²) in [6.07, 6.45) is 4.60. The molecule has 0 aliphatic heterocycles. The summed E-state index contributed by atoms with van der Waals surface area (Å²) in [5.74, 6) is -0.374. The fourth-order valence-corrected chi connectivity index (χ4v) is 2.73. The number of nitrogens with zero attached hydrogens (tertiary/aromatic N) is 1. The quantitative estimate of drug-likeness (QED) is 0.862. The van der Waals surface area contributed by atoms with E-state index in [4.69, 9.17) is 11.5 Å². The number of carbonyl (C=O) groups excluding carboxylic acids is 1. The average molecular weight is 261 g/mol. The van der Waals surface area contributed by atoms with Crippen LogP contribution in [0.3, 0.4) is 0 Å². The Labute approximate surface area is 114 Å². The first-order chi connectivity index (χ1) is 9.06. The second-order valence-corrected chi connectivity index (χ2v) is 5.54. The van der Waals surface area contributed by atoms with Crippen LogP contribution in [0.5, 0.6) is 0 Å². The molecule has 0 radical (unpaired) electrons. The van der Waals surface area contributed by atoms with Crippen LogP contribution in [0, 0.1) is 0 Å². The number of carbonyl (C=O) groups is 1. The molecule has 4 nitrogen and oxygen atoms in total. The SMILES string of the molecule is CN(Cc1ccc(C(N)=O)cc1)C1CCC(N)CC1. The number of primary amides is 1. The maximum atomic E-state index is 11.0. The zero-order valence-electron chi connectivity index (χ0n) is 11.5. The van der Waals surface area contributed by atoms with Crippen LogP contribution in [0.15, 0.2) is 24.3 Å². The van der Waals surface area contributed by atoms with Gasteiger partial charge in [-0.2, -0.15) is 0 Å². The lowest BCUT2D eigenvalue weighted by molar-refractivity contribution is 0.100. The highest BCUT2D eigenvalue weighted by Crippen LogP contribution is 2.22. The number of rotatable bonds is 4. The maximum absolute atomic E-state index is 11.0. The summed E-state index contributed by atoms with van der Waals surface area (Å²) in [7, 11) is 2.16. The van der Waals surface area contributed by atoms with Gasteiger partial charge in [0, 0.05) is 24.2 Å². The monoisotopic (exact) mass is 261 g/mol. The molecule has 4 heteroatoms. The third-order valence-electron chi connectivity index (χ3n) is 4.04. The molecule has 1 aromatic rings. The molecule has 1 aliphatic carbocycles. The normalized spacial score (nSPS) is 23.5. The van der Waals surface area contributed by atoms with E-state index in [0.717, 1.165) is 19.4 Å². The van der Waals surface area contributed by atoms with Crippen LogP contribution in [0.2, 0.25) is 0 Å². The highest BCUT2D eigenvalue weighted by Gasteiger charge is 2.21.